The molecule has 1 N–H and O–H groups in total. The Bertz CT molecular complexity index is 511. The summed E-state index contributed by atoms with van der Waals surface area (Å²) in [5, 5.41) is 9.90. The Hall–Kier alpha value is -1.74. The quantitative estimate of drug-likeness (QED) is 0.864. The number of rotatable bonds is 3. The lowest BCUT2D eigenvalue weighted by Crippen LogP contribution is -2.02. The zero-order valence-corrected chi connectivity index (χ0v) is 9.11. The lowest BCUT2D eigenvalue weighted by Gasteiger charge is -2.11. The summed E-state index contributed by atoms with van der Waals surface area (Å²) in [5.41, 5.74) is 1.18. The maximum absolute atomic E-state index is 13.0. The van der Waals surface area contributed by atoms with Gasteiger partial charge in [0.2, 0.25) is 0 Å². The first-order chi connectivity index (χ1) is 8.15. The Morgan fingerprint density at radius 2 is 1.59 bits per heavy atom. The first-order valence-electron chi connectivity index (χ1n) is 5.33. The maximum atomic E-state index is 13.0. The molecule has 1 unspecified atom stereocenters. The van der Waals surface area contributed by atoms with Gasteiger partial charge < -0.3 is 5.11 Å². The molecule has 0 amide bonds. The van der Waals surface area contributed by atoms with Crippen LogP contribution in [0.5, 0.6) is 0 Å². The van der Waals surface area contributed by atoms with Gasteiger partial charge in [-0.2, -0.15) is 0 Å². The average Bonchev–Trinajstić information content (AvgIpc) is 2.29. The minimum Gasteiger partial charge on any atom is -0.388 e. The number of aliphatic hydroxyl groups is 1. The van der Waals surface area contributed by atoms with E-state index in [2.05, 4.69) is 0 Å². The van der Waals surface area contributed by atoms with Gasteiger partial charge in [-0.3, -0.25) is 0 Å². The first-order valence-corrected chi connectivity index (χ1v) is 5.33. The number of benzene rings is 2. The van der Waals surface area contributed by atoms with Gasteiger partial charge in [-0.05, 0) is 35.4 Å². The number of hydrogen-bond acceptors (Lipinski definition) is 1. The second-order valence-corrected chi connectivity index (χ2v) is 3.90. The van der Waals surface area contributed by atoms with E-state index < -0.39 is 6.10 Å². The summed E-state index contributed by atoms with van der Waals surface area (Å²) in [6.45, 7) is 0. The molecule has 0 heterocycles. The zero-order chi connectivity index (χ0) is 12.3. The SMILES string of the molecule is OC(Cc1cccc(F)c1)c1cccc(F)c1. The number of halogens is 2. The fraction of sp³-hybridized carbons (Fsp3) is 0.143. The van der Waals surface area contributed by atoms with E-state index in [0.717, 1.165) is 0 Å². The van der Waals surface area contributed by atoms with Crippen molar-refractivity contribution in [1.82, 2.24) is 0 Å². The van der Waals surface area contributed by atoms with E-state index in [1.807, 2.05) is 0 Å². The fourth-order valence-corrected chi connectivity index (χ4v) is 1.72. The monoisotopic (exact) mass is 234 g/mol. The summed E-state index contributed by atoms with van der Waals surface area (Å²) in [7, 11) is 0. The van der Waals surface area contributed by atoms with Gasteiger partial charge in [0, 0.05) is 6.42 Å². The summed E-state index contributed by atoms with van der Waals surface area (Å²) in [5.74, 6) is -0.727. The van der Waals surface area contributed by atoms with E-state index >= 15 is 0 Å². The van der Waals surface area contributed by atoms with Gasteiger partial charge in [0.05, 0.1) is 6.10 Å². The first kappa shape index (κ1) is 11.7. The molecular formula is C14H12F2O. The smallest absolute Gasteiger partial charge is 0.123 e. The summed E-state index contributed by atoms with van der Waals surface area (Å²) < 4.78 is 25.9. The third-order valence-electron chi connectivity index (χ3n) is 2.55. The van der Waals surface area contributed by atoms with Crippen molar-refractivity contribution < 1.29 is 13.9 Å². The normalized spacial score (nSPS) is 12.4. The molecule has 0 aliphatic carbocycles. The van der Waals surface area contributed by atoms with Crippen LogP contribution in [-0.2, 0) is 6.42 Å². The lowest BCUT2D eigenvalue weighted by atomic mass is 10.0. The second-order valence-electron chi connectivity index (χ2n) is 3.90. The third kappa shape index (κ3) is 3.11. The van der Waals surface area contributed by atoms with E-state index in [9.17, 15) is 13.9 Å². The van der Waals surface area contributed by atoms with E-state index in [4.69, 9.17) is 0 Å². The summed E-state index contributed by atoms with van der Waals surface area (Å²) >= 11 is 0. The summed E-state index contributed by atoms with van der Waals surface area (Å²) in [6, 6.07) is 11.8. The molecule has 88 valence electrons. The summed E-state index contributed by atoms with van der Waals surface area (Å²) in [6.07, 6.45) is -0.561. The summed E-state index contributed by atoms with van der Waals surface area (Å²) in [4.78, 5) is 0. The molecule has 1 nitrogen and oxygen atoms in total. The molecule has 2 aromatic rings. The van der Waals surface area contributed by atoms with Crippen LogP contribution in [0.15, 0.2) is 48.5 Å². The minimum atomic E-state index is -0.826. The number of aliphatic hydroxyl groups excluding tert-OH is 1. The van der Waals surface area contributed by atoms with E-state index in [1.165, 1.54) is 24.3 Å². The van der Waals surface area contributed by atoms with Crippen molar-refractivity contribution in [1.29, 1.82) is 0 Å². The van der Waals surface area contributed by atoms with Crippen LogP contribution in [0.3, 0.4) is 0 Å². The Kier molecular flexibility index (Phi) is 3.49. The highest BCUT2D eigenvalue weighted by Gasteiger charge is 2.09. The molecule has 1 atom stereocenters. The van der Waals surface area contributed by atoms with Gasteiger partial charge in [-0.15, -0.1) is 0 Å². The van der Waals surface area contributed by atoms with Crippen molar-refractivity contribution in [2.45, 2.75) is 12.5 Å². The van der Waals surface area contributed by atoms with Crippen molar-refractivity contribution in [3.8, 4) is 0 Å². The molecule has 17 heavy (non-hydrogen) atoms. The van der Waals surface area contributed by atoms with Crippen LogP contribution in [0.25, 0.3) is 0 Å². The van der Waals surface area contributed by atoms with E-state index in [-0.39, 0.29) is 18.1 Å². The molecule has 3 heteroatoms. The van der Waals surface area contributed by atoms with Crippen LogP contribution in [-0.4, -0.2) is 5.11 Å². The zero-order valence-electron chi connectivity index (χ0n) is 9.11. The molecule has 0 fully saturated rings. The van der Waals surface area contributed by atoms with Gasteiger partial charge in [0.25, 0.3) is 0 Å². The molecule has 0 radical (unpaired) electrons. The number of hydrogen-bond donors (Lipinski definition) is 1. The molecule has 0 aliphatic rings. The molecule has 2 rings (SSSR count). The van der Waals surface area contributed by atoms with Crippen LogP contribution in [0.2, 0.25) is 0 Å². The maximum Gasteiger partial charge on any atom is 0.123 e. The van der Waals surface area contributed by atoms with Gasteiger partial charge in [0.15, 0.2) is 0 Å². The molecular weight excluding hydrogens is 222 g/mol. The van der Waals surface area contributed by atoms with Crippen LogP contribution >= 0.6 is 0 Å². The molecule has 0 bridgehead atoms. The standard InChI is InChI=1S/C14H12F2O/c15-12-5-1-3-10(7-12)8-14(17)11-4-2-6-13(16)9-11/h1-7,9,14,17H,8H2. The Morgan fingerprint density at radius 1 is 0.941 bits per heavy atom. The van der Waals surface area contributed by atoms with Crippen molar-refractivity contribution in [2.24, 2.45) is 0 Å². The van der Waals surface area contributed by atoms with Crippen LogP contribution in [0.1, 0.15) is 17.2 Å². The average molecular weight is 234 g/mol. The van der Waals surface area contributed by atoms with Crippen LogP contribution in [0.4, 0.5) is 8.78 Å². The largest absolute Gasteiger partial charge is 0.388 e. The molecule has 0 saturated heterocycles. The van der Waals surface area contributed by atoms with Crippen molar-refractivity contribution >= 4 is 0 Å². The van der Waals surface area contributed by atoms with E-state index in [0.29, 0.717) is 11.1 Å². The molecule has 0 aliphatic heterocycles. The topological polar surface area (TPSA) is 20.2 Å². The van der Waals surface area contributed by atoms with Crippen LogP contribution < -0.4 is 0 Å². The van der Waals surface area contributed by atoms with E-state index in [1.54, 1.807) is 24.3 Å². The van der Waals surface area contributed by atoms with Crippen molar-refractivity contribution in [3.05, 3.63) is 71.3 Å². The second kappa shape index (κ2) is 5.06. The molecule has 0 aromatic heterocycles. The predicted octanol–water partition coefficient (Wildman–Crippen LogP) is 3.24. The van der Waals surface area contributed by atoms with Gasteiger partial charge in [-0.1, -0.05) is 24.3 Å². The highest BCUT2D eigenvalue weighted by molar-refractivity contribution is 5.23. The predicted molar refractivity (Wildman–Crippen MR) is 61.5 cm³/mol. The molecule has 0 saturated carbocycles. The highest BCUT2D eigenvalue weighted by atomic mass is 19.1. The lowest BCUT2D eigenvalue weighted by molar-refractivity contribution is 0.178. The third-order valence-corrected chi connectivity index (χ3v) is 2.55. The van der Waals surface area contributed by atoms with Gasteiger partial charge in [0.1, 0.15) is 11.6 Å². The van der Waals surface area contributed by atoms with Crippen LogP contribution in [0, 0.1) is 11.6 Å². The minimum absolute atomic E-state index is 0.265. The Labute approximate surface area is 98.3 Å². The fourth-order valence-electron chi connectivity index (χ4n) is 1.72. The van der Waals surface area contributed by atoms with Gasteiger partial charge >= 0.3 is 0 Å². The molecule has 0 spiro atoms. The highest BCUT2D eigenvalue weighted by Crippen LogP contribution is 2.19. The molecule has 2 aromatic carbocycles. The van der Waals surface area contributed by atoms with Crippen molar-refractivity contribution in [2.75, 3.05) is 0 Å². The Balaban J connectivity index is 2.14. The van der Waals surface area contributed by atoms with Crippen molar-refractivity contribution in [3.63, 3.8) is 0 Å². The van der Waals surface area contributed by atoms with Gasteiger partial charge in [-0.25, -0.2) is 8.78 Å². The Morgan fingerprint density at radius 3 is 2.24 bits per heavy atom.